The summed E-state index contributed by atoms with van der Waals surface area (Å²) in [7, 11) is 0. The predicted octanol–water partition coefficient (Wildman–Crippen LogP) is 3.66. The number of para-hydroxylation sites is 1. The maximum atomic E-state index is 11.9. The molecule has 0 spiro atoms. The van der Waals surface area contributed by atoms with Gasteiger partial charge in [-0.1, -0.05) is 30.3 Å². The first-order valence-electron chi connectivity index (χ1n) is 6.73. The Balaban J connectivity index is 1.96. The van der Waals surface area contributed by atoms with Crippen LogP contribution in [0.5, 0.6) is 0 Å². The smallest absolute Gasteiger partial charge is 0.243 e. The molecule has 1 amide bonds. The zero-order valence-electron chi connectivity index (χ0n) is 12.2. The van der Waals surface area contributed by atoms with Gasteiger partial charge >= 0.3 is 0 Å². The fraction of sp³-hybridized carbons (Fsp3) is 0.235. The van der Waals surface area contributed by atoms with Crippen LogP contribution < -0.4 is 10.6 Å². The molecule has 0 fully saturated rings. The van der Waals surface area contributed by atoms with Crippen molar-refractivity contribution >= 4 is 17.3 Å². The molecule has 0 heterocycles. The molecule has 0 saturated heterocycles. The van der Waals surface area contributed by atoms with Gasteiger partial charge in [-0.25, -0.2) is 0 Å². The summed E-state index contributed by atoms with van der Waals surface area (Å²) in [4.78, 5) is 11.9. The topological polar surface area (TPSA) is 41.1 Å². The fourth-order valence-corrected chi connectivity index (χ4v) is 2.19. The predicted molar refractivity (Wildman–Crippen MR) is 84.2 cm³/mol. The Bertz CT molecular complexity index is 600. The van der Waals surface area contributed by atoms with Crippen LogP contribution in [0, 0.1) is 20.8 Å². The van der Waals surface area contributed by atoms with Crippen LogP contribution in [0.1, 0.15) is 16.7 Å². The molecule has 0 aliphatic rings. The summed E-state index contributed by atoms with van der Waals surface area (Å²) in [6.45, 7) is 6.34. The molecule has 0 radical (unpaired) electrons. The van der Waals surface area contributed by atoms with E-state index < -0.39 is 0 Å². The van der Waals surface area contributed by atoms with Crippen molar-refractivity contribution < 1.29 is 4.79 Å². The number of nitrogens with one attached hydrogen (secondary N) is 2. The average Bonchev–Trinajstić information content (AvgIpc) is 2.38. The second kappa shape index (κ2) is 6.24. The second-order valence-electron chi connectivity index (χ2n) is 5.04. The Morgan fingerprint density at radius 3 is 2.30 bits per heavy atom. The number of rotatable bonds is 4. The van der Waals surface area contributed by atoms with Gasteiger partial charge in [0.15, 0.2) is 0 Å². The van der Waals surface area contributed by atoms with Crippen molar-refractivity contribution in [3.05, 3.63) is 59.2 Å². The van der Waals surface area contributed by atoms with Crippen molar-refractivity contribution in [2.75, 3.05) is 17.2 Å². The van der Waals surface area contributed by atoms with Crippen LogP contribution in [0.25, 0.3) is 0 Å². The Morgan fingerprint density at radius 1 is 1.00 bits per heavy atom. The highest BCUT2D eigenvalue weighted by atomic mass is 16.1. The third-order valence-corrected chi connectivity index (χ3v) is 3.21. The van der Waals surface area contributed by atoms with Gasteiger partial charge in [0.05, 0.1) is 6.54 Å². The maximum Gasteiger partial charge on any atom is 0.243 e. The standard InChI is InChI=1S/C17H20N2O/c1-12-6-4-9-15(10-12)19-16(20)11-18-17-13(2)7-5-8-14(17)3/h4-10,18H,11H2,1-3H3,(H,19,20). The second-order valence-corrected chi connectivity index (χ2v) is 5.04. The lowest BCUT2D eigenvalue weighted by atomic mass is 10.1. The molecule has 2 N–H and O–H groups in total. The van der Waals surface area contributed by atoms with E-state index in [4.69, 9.17) is 0 Å². The van der Waals surface area contributed by atoms with Crippen LogP contribution in [0.3, 0.4) is 0 Å². The fourth-order valence-electron chi connectivity index (χ4n) is 2.19. The van der Waals surface area contributed by atoms with Crippen molar-refractivity contribution in [3.8, 4) is 0 Å². The normalized spacial score (nSPS) is 10.2. The summed E-state index contributed by atoms with van der Waals surface area (Å²) in [5.41, 5.74) is 5.29. The van der Waals surface area contributed by atoms with E-state index in [0.717, 1.165) is 28.1 Å². The Labute approximate surface area is 120 Å². The van der Waals surface area contributed by atoms with E-state index in [9.17, 15) is 4.79 Å². The Kier molecular flexibility index (Phi) is 4.41. The van der Waals surface area contributed by atoms with E-state index in [0.29, 0.717) is 0 Å². The molecule has 0 aliphatic carbocycles. The molecule has 0 saturated carbocycles. The number of carbonyl (C=O) groups is 1. The molecular formula is C17H20N2O. The van der Waals surface area contributed by atoms with E-state index >= 15 is 0 Å². The molecule has 104 valence electrons. The van der Waals surface area contributed by atoms with Crippen molar-refractivity contribution in [3.63, 3.8) is 0 Å². The van der Waals surface area contributed by atoms with Gasteiger partial charge in [-0.15, -0.1) is 0 Å². The minimum atomic E-state index is -0.0433. The number of carbonyl (C=O) groups excluding carboxylic acids is 1. The molecular weight excluding hydrogens is 248 g/mol. The molecule has 2 rings (SSSR count). The van der Waals surface area contributed by atoms with E-state index in [-0.39, 0.29) is 12.5 Å². The summed E-state index contributed by atoms with van der Waals surface area (Å²) < 4.78 is 0. The lowest BCUT2D eigenvalue weighted by Gasteiger charge is -2.12. The molecule has 0 unspecified atom stereocenters. The maximum absolute atomic E-state index is 11.9. The van der Waals surface area contributed by atoms with Crippen molar-refractivity contribution in [2.45, 2.75) is 20.8 Å². The van der Waals surface area contributed by atoms with Crippen LogP contribution in [0.15, 0.2) is 42.5 Å². The van der Waals surface area contributed by atoms with Crippen molar-refractivity contribution in [1.29, 1.82) is 0 Å². The summed E-state index contributed by atoms with van der Waals surface area (Å²) in [6.07, 6.45) is 0. The first kappa shape index (κ1) is 14.1. The largest absolute Gasteiger partial charge is 0.376 e. The first-order valence-corrected chi connectivity index (χ1v) is 6.73. The van der Waals surface area contributed by atoms with Gasteiger partial charge in [0.25, 0.3) is 0 Å². The average molecular weight is 268 g/mol. The molecule has 3 nitrogen and oxygen atoms in total. The molecule has 0 bridgehead atoms. The highest BCUT2D eigenvalue weighted by molar-refractivity contribution is 5.94. The van der Waals surface area contributed by atoms with Gasteiger partial charge in [-0.2, -0.15) is 0 Å². The van der Waals surface area contributed by atoms with E-state index in [2.05, 4.69) is 10.6 Å². The number of hydrogen-bond donors (Lipinski definition) is 2. The van der Waals surface area contributed by atoms with Crippen LogP contribution in [0.4, 0.5) is 11.4 Å². The SMILES string of the molecule is Cc1cccc(NC(=O)CNc2c(C)cccc2C)c1. The van der Waals surface area contributed by atoms with Gasteiger partial charge in [0, 0.05) is 11.4 Å². The van der Waals surface area contributed by atoms with Crippen molar-refractivity contribution in [2.24, 2.45) is 0 Å². The van der Waals surface area contributed by atoms with Gasteiger partial charge in [0.2, 0.25) is 5.91 Å². The number of benzene rings is 2. The van der Waals surface area contributed by atoms with Gasteiger partial charge in [0.1, 0.15) is 0 Å². The Hall–Kier alpha value is -2.29. The van der Waals surface area contributed by atoms with Crippen LogP contribution >= 0.6 is 0 Å². The quantitative estimate of drug-likeness (QED) is 0.888. The summed E-state index contributed by atoms with van der Waals surface area (Å²) in [5, 5.41) is 6.09. The van der Waals surface area contributed by atoms with Crippen LogP contribution in [0.2, 0.25) is 0 Å². The van der Waals surface area contributed by atoms with Crippen molar-refractivity contribution in [1.82, 2.24) is 0 Å². The number of amides is 1. The minimum absolute atomic E-state index is 0.0433. The molecule has 3 heteroatoms. The van der Waals surface area contributed by atoms with E-state index in [1.165, 1.54) is 0 Å². The summed E-state index contributed by atoms with van der Waals surface area (Å²) in [5.74, 6) is -0.0433. The third-order valence-electron chi connectivity index (χ3n) is 3.21. The molecule has 20 heavy (non-hydrogen) atoms. The van der Waals surface area contributed by atoms with E-state index in [1.807, 2.05) is 63.2 Å². The molecule has 2 aromatic carbocycles. The zero-order valence-corrected chi connectivity index (χ0v) is 12.2. The number of anilines is 2. The van der Waals surface area contributed by atoms with Gasteiger partial charge in [-0.05, 0) is 49.6 Å². The molecule has 0 aromatic heterocycles. The molecule has 0 atom stereocenters. The number of aryl methyl sites for hydroxylation is 3. The summed E-state index contributed by atoms with van der Waals surface area (Å²) in [6, 6.07) is 13.9. The zero-order chi connectivity index (χ0) is 14.5. The monoisotopic (exact) mass is 268 g/mol. The Morgan fingerprint density at radius 2 is 1.65 bits per heavy atom. The lowest BCUT2D eigenvalue weighted by molar-refractivity contribution is -0.114. The third kappa shape index (κ3) is 3.60. The highest BCUT2D eigenvalue weighted by Crippen LogP contribution is 2.19. The highest BCUT2D eigenvalue weighted by Gasteiger charge is 2.05. The van der Waals surface area contributed by atoms with Gasteiger partial charge < -0.3 is 10.6 Å². The van der Waals surface area contributed by atoms with Crippen LogP contribution in [-0.4, -0.2) is 12.5 Å². The molecule has 2 aromatic rings. The van der Waals surface area contributed by atoms with Crippen LogP contribution in [-0.2, 0) is 4.79 Å². The molecule has 0 aliphatic heterocycles. The lowest BCUT2D eigenvalue weighted by Crippen LogP contribution is -2.22. The number of hydrogen-bond acceptors (Lipinski definition) is 2. The minimum Gasteiger partial charge on any atom is -0.376 e. The van der Waals surface area contributed by atoms with E-state index in [1.54, 1.807) is 0 Å². The first-order chi connectivity index (χ1) is 9.56. The van der Waals surface area contributed by atoms with Gasteiger partial charge in [-0.3, -0.25) is 4.79 Å². The summed E-state index contributed by atoms with van der Waals surface area (Å²) >= 11 is 0.